The van der Waals surface area contributed by atoms with Gasteiger partial charge in [-0.05, 0) is 60.7 Å². The lowest BCUT2D eigenvalue weighted by molar-refractivity contribution is 0.102. The van der Waals surface area contributed by atoms with Crippen molar-refractivity contribution >= 4 is 50.0 Å². The fraction of sp³-hybridized carbons (Fsp3) is 0.0882. The molecule has 1 heterocycles. The minimum Gasteiger partial charge on any atom is -0.378 e. The Kier molecular flexibility index (Phi) is 9.01. The van der Waals surface area contributed by atoms with E-state index in [0.717, 1.165) is 34.0 Å². The van der Waals surface area contributed by atoms with Gasteiger partial charge in [-0.1, -0.05) is 42.5 Å². The van der Waals surface area contributed by atoms with Gasteiger partial charge in [0.1, 0.15) is 12.1 Å². The van der Waals surface area contributed by atoms with Crippen LogP contribution < -0.4 is 20.9 Å². The summed E-state index contributed by atoms with van der Waals surface area (Å²) < 4.78 is 24.8. The molecule has 4 aromatic carbocycles. The number of benzene rings is 4. The molecule has 9 nitrogen and oxygen atoms in total. The van der Waals surface area contributed by atoms with Crippen molar-refractivity contribution in [2.75, 3.05) is 40.7 Å². The molecule has 44 heavy (non-hydrogen) atoms. The van der Waals surface area contributed by atoms with Crippen molar-refractivity contribution in [1.82, 2.24) is 9.97 Å². The van der Waals surface area contributed by atoms with E-state index in [-0.39, 0.29) is 16.2 Å². The molecular formula is C34H32N6O3S. The van der Waals surface area contributed by atoms with E-state index in [1.54, 1.807) is 24.3 Å². The van der Waals surface area contributed by atoms with E-state index in [9.17, 15) is 13.2 Å². The Morgan fingerprint density at radius 2 is 1.55 bits per heavy atom. The average Bonchev–Trinajstić information content (AvgIpc) is 3.02. The first kappa shape index (κ1) is 30.0. The Morgan fingerprint density at radius 1 is 0.818 bits per heavy atom. The van der Waals surface area contributed by atoms with Gasteiger partial charge in [0.2, 0.25) is 0 Å². The highest BCUT2D eigenvalue weighted by molar-refractivity contribution is 7.91. The maximum Gasteiger partial charge on any atom is 0.255 e. The lowest BCUT2D eigenvalue weighted by atomic mass is 10.1. The zero-order valence-corrected chi connectivity index (χ0v) is 25.2. The van der Waals surface area contributed by atoms with Crippen molar-refractivity contribution in [3.05, 3.63) is 128 Å². The monoisotopic (exact) mass is 604 g/mol. The molecule has 0 saturated carbocycles. The summed E-state index contributed by atoms with van der Waals surface area (Å²) in [5, 5.41) is 9.65. The number of para-hydroxylation sites is 1. The Balaban J connectivity index is 1.34. The van der Waals surface area contributed by atoms with Crippen molar-refractivity contribution in [1.29, 1.82) is 0 Å². The molecule has 0 unspecified atom stereocenters. The summed E-state index contributed by atoms with van der Waals surface area (Å²) in [6.07, 6.45) is 2.85. The van der Waals surface area contributed by atoms with E-state index in [1.165, 1.54) is 24.5 Å². The summed E-state index contributed by atoms with van der Waals surface area (Å²) in [7, 11) is 0.435. The Morgan fingerprint density at radius 3 is 2.34 bits per heavy atom. The van der Waals surface area contributed by atoms with Crippen LogP contribution in [0, 0.1) is 0 Å². The van der Waals surface area contributed by atoms with Gasteiger partial charge in [0.05, 0.1) is 16.3 Å². The van der Waals surface area contributed by atoms with Crippen LogP contribution in [-0.4, -0.2) is 44.1 Å². The molecule has 5 rings (SSSR count). The van der Waals surface area contributed by atoms with Crippen molar-refractivity contribution in [2.24, 2.45) is 0 Å². The Bertz CT molecular complexity index is 1920. The van der Waals surface area contributed by atoms with Gasteiger partial charge in [-0.15, -0.1) is 6.58 Å². The molecule has 1 amide bonds. The highest BCUT2D eigenvalue weighted by Crippen LogP contribution is 2.31. The second-order valence-corrected chi connectivity index (χ2v) is 12.2. The van der Waals surface area contributed by atoms with Crippen LogP contribution in [0.5, 0.6) is 0 Å². The standard InChI is InChI=1S/C34H32N6O3S/c1-4-18-44(42,43)29-15-7-10-24(19-29)34(41)39-26-12-8-11-25(20-26)37-31-17-6-5-16-30(31)32-22-33(36-23-35-32)38-27-13-9-14-28(21-27)40(2)3/h4-17,19-23,37H,1,18H2,2-3H3,(H,39,41)(H,35,36,38). The van der Waals surface area contributed by atoms with E-state index in [4.69, 9.17) is 0 Å². The summed E-state index contributed by atoms with van der Waals surface area (Å²) in [6.45, 7) is 3.50. The zero-order chi connectivity index (χ0) is 31.1. The van der Waals surface area contributed by atoms with Gasteiger partial charge in [0, 0.05) is 59.7 Å². The smallest absolute Gasteiger partial charge is 0.255 e. The number of anilines is 6. The van der Waals surface area contributed by atoms with E-state index in [1.807, 2.05) is 85.7 Å². The van der Waals surface area contributed by atoms with Crippen LogP contribution in [0.1, 0.15) is 10.4 Å². The number of amides is 1. The molecule has 1 aromatic heterocycles. The lowest BCUT2D eigenvalue weighted by Crippen LogP contribution is -2.13. The third kappa shape index (κ3) is 7.29. The Labute approximate surface area is 257 Å². The summed E-state index contributed by atoms with van der Waals surface area (Å²) >= 11 is 0. The minimum absolute atomic E-state index is 0.0715. The highest BCUT2D eigenvalue weighted by Gasteiger charge is 2.16. The highest BCUT2D eigenvalue weighted by atomic mass is 32.2. The predicted octanol–water partition coefficient (Wildman–Crippen LogP) is 6.91. The average molecular weight is 605 g/mol. The molecule has 10 heteroatoms. The second-order valence-electron chi connectivity index (χ2n) is 10.2. The van der Waals surface area contributed by atoms with Crippen LogP contribution in [-0.2, 0) is 9.84 Å². The van der Waals surface area contributed by atoms with E-state index in [2.05, 4.69) is 32.5 Å². The van der Waals surface area contributed by atoms with Crippen LogP contribution in [0.2, 0.25) is 0 Å². The molecule has 3 N–H and O–H groups in total. The molecule has 0 radical (unpaired) electrons. The van der Waals surface area contributed by atoms with Crippen LogP contribution in [0.3, 0.4) is 0 Å². The van der Waals surface area contributed by atoms with Crippen molar-refractivity contribution in [3.8, 4) is 11.3 Å². The van der Waals surface area contributed by atoms with Gasteiger partial charge in [-0.25, -0.2) is 18.4 Å². The molecule has 0 aliphatic carbocycles. The van der Waals surface area contributed by atoms with Crippen LogP contribution >= 0.6 is 0 Å². The number of nitrogens with one attached hydrogen (secondary N) is 3. The number of carbonyl (C=O) groups excluding carboxylic acids is 1. The minimum atomic E-state index is -3.55. The fourth-order valence-corrected chi connectivity index (χ4v) is 5.61. The number of sulfone groups is 1. The number of hydrogen-bond acceptors (Lipinski definition) is 8. The maximum atomic E-state index is 13.0. The predicted molar refractivity (Wildman–Crippen MR) is 178 cm³/mol. The Hall–Kier alpha value is -5.48. The van der Waals surface area contributed by atoms with Crippen molar-refractivity contribution < 1.29 is 13.2 Å². The first-order valence-electron chi connectivity index (χ1n) is 13.8. The molecule has 0 spiro atoms. The second kappa shape index (κ2) is 13.2. The molecule has 0 saturated heterocycles. The van der Waals surface area contributed by atoms with Crippen molar-refractivity contribution in [2.45, 2.75) is 4.90 Å². The third-order valence-corrected chi connectivity index (χ3v) is 8.34. The molecule has 0 fully saturated rings. The van der Waals surface area contributed by atoms with Crippen LogP contribution in [0.15, 0.2) is 127 Å². The van der Waals surface area contributed by atoms with Crippen LogP contribution in [0.25, 0.3) is 11.3 Å². The van der Waals surface area contributed by atoms with Crippen molar-refractivity contribution in [3.63, 3.8) is 0 Å². The largest absolute Gasteiger partial charge is 0.378 e. The summed E-state index contributed by atoms with van der Waals surface area (Å²) in [5.41, 5.74) is 5.92. The fourth-order valence-electron chi connectivity index (χ4n) is 4.51. The van der Waals surface area contributed by atoms with E-state index < -0.39 is 15.7 Å². The molecule has 5 aromatic rings. The third-order valence-electron chi connectivity index (χ3n) is 6.70. The van der Waals surface area contributed by atoms with Gasteiger partial charge in [-0.3, -0.25) is 4.79 Å². The number of nitrogens with zero attached hydrogens (tertiary/aromatic N) is 3. The summed E-state index contributed by atoms with van der Waals surface area (Å²) in [6, 6.07) is 31.0. The van der Waals surface area contributed by atoms with Gasteiger partial charge in [-0.2, -0.15) is 0 Å². The first-order chi connectivity index (χ1) is 21.2. The number of rotatable bonds is 11. The lowest BCUT2D eigenvalue weighted by Gasteiger charge is -2.15. The quantitative estimate of drug-likeness (QED) is 0.139. The molecule has 0 aliphatic heterocycles. The van der Waals surface area contributed by atoms with Crippen LogP contribution in [0.4, 0.5) is 34.3 Å². The number of aromatic nitrogens is 2. The molecule has 0 atom stereocenters. The normalized spacial score (nSPS) is 11.0. The molecule has 0 bridgehead atoms. The zero-order valence-electron chi connectivity index (χ0n) is 24.4. The number of hydrogen-bond donors (Lipinski definition) is 3. The molecular weight excluding hydrogens is 572 g/mol. The first-order valence-corrected chi connectivity index (χ1v) is 15.4. The van der Waals surface area contributed by atoms with Gasteiger partial charge in [0.25, 0.3) is 5.91 Å². The molecule has 222 valence electrons. The summed E-state index contributed by atoms with van der Waals surface area (Å²) in [5.74, 6) is 0.0344. The molecule has 0 aliphatic rings. The topological polar surface area (TPSA) is 116 Å². The van der Waals surface area contributed by atoms with E-state index >= 15 is 0 Å². The van der Waals surface area contributed by atoms with E-state index in [0.29, 0.717) is 11.5 Å². The van der Waals surface area contributed by atoms with Gasteiger partial charge < -0.3 is 20.9 Å². The van der Waals surface area contributed by atoms with Gasteiger partial charge in [0.15, 0.2) is 9.84 Å². The summed E-state index contributed by atoms with van der Waals surface area (Å²) in [4.78, 5) is 24.0. The maximum absolute atomic E-state index is 13.0. The van der Waals surface area contributed by atoms with Gasteiger partial charge >= 0.3 is 0 Å². The SMILES string of the molecule is C=CCS(=O)(=O)c1cccc(C(=O)Nc2cccc(Nc3ccccc3-c3cc(Nc4cccc(N(C)C)c4)ncn3)c2)c1. The number of carbonyl (C=O) groups is 1.